The smallest absolute Gasteiger partial charge is 0.458 e. The highest BCUT2D eigenvalue weighted by Gasteiger charge is 2.40. The molecular formula is C19H30BNO6. The Morgan fingerprint density at radius 1 is 1.00 bits per heavy atom. The van der Waals surface area contributed by atoms with E-state index in [2.05, 4.69) is 5.32 Å². The fraction of sp³-hybridized carbons (Fsp3) is 0.579. The summed E-state index contributed by atoms with van der Waals surface area (Å²) in [5.41, 5.74) is -1.95. The Morgan fingerprint density at radius 3 is 2.04 bits per heavy atom. The average Bonchev–Trinajstić information content (AvgIpc) is 2.43. The molecule has 0 saturated carbocycles. The number of rotatable bonds is 5. The molecule has 1 amide bonds. The summed E-state index contributed by atoms with van der Waals surface area (Å²) in [6.45, 7) is 11.9. The van der Waals surface area contributed by atoms with E-state index in [0.717, 1.165) is 0 Å². The van der Waals surface area contributed by atoms with Gasteiger partial charge < -0.3 is 24.8 Å². The summed E-state index contributed by atoms with van der Waals surface area (Å²) in [5, 5.41) is 21.3. The lowest BCUT2D eigenvalue weighted by Gasteiger charge is -2.33. The maximum absolute atomic E-state index is 12.8. The van der Waals surface area contributed by atoms with E-state index in [1.54, 1.807) is 72.7 Å². The Bertz CT molecular complexity index is 678. The van der Waals surface area contributed by atoms with E-state index in [0.29, 0.717) is 5.56 Å². The molecule has 8 heteroatoms. The summed E-state index contributed by atoms with van der Waals surface area (Å²) in [5.74, 6) is -0.615. The summed E-state index contributed by atoms with van der Waals surface area (Å²) in [6.07, 6.45) is -0.656. The maximum Gasteiger partial charge on any atom is 0.488 e. The highest BCUT2D eigenvalue weighted by Crippen LogP contribution is 2.20. The number of amides is 1. The van der Waals surface area contributed by atoms with Crippen molar-refractivity contribution in [2.45, 2.75) is 71.6 Å². The molecule has 0 unspecified atom stereocenters. The third kappa shape index (κ3) is 8.01. The van der Waals surface area contributed by atoms with Crippen LogP contribution >= 0.6 is 0 Å². The minimum atomic E-state index is -1.63. The van der Waals surface area contributed by atoms with E-state index in [4.69, 9.17) is 9.47 Å². The maximum atomic E-state index is 12.8. The predicted octanol–water partition coefficient (Wildman–Crippen LogP) is 1.53. The molecule has 0 fully saturated rings. The zero-order chi connectivity index (χ0) is 21.0. The molecule has 0 aliphatic heterocycles. The largest absolute Gasteiger partial charge is 0.488 e. The average molecular weight is 379 g/mol. The van der Waals surface area contributed by atoms with Gasteiger partial charge in [0.1, 0.15) is 16.7 Å². The molecule has 0 aromatic heterocycles. The first-order chi connectivity index (χ1) is 12.1. The highest BCUT2D eigenvalue weighted by molar-refractivity contribution is 6.58. The van der Waals surface area contributed by atoms with Crippen molar-refractivity contribution in [3.05, 3.63) is 29.8 Å². The van der Waals surface area contributed by atoms with Crippen LogP contribution in [0, 0.1) is 0 Å². The number of hydrogen-bond acceptors (Lipinski definition) is 6. The van der Waals surface area contributed by atoms with Gasteiger partial charge in [0.05, 0.1) is 0 Å². The monoisotopic (exact) mass is 379 g/mol. The standard InChI is InChI=1S/C19H30BNO6/c1-17(2,3)26-15(22)19(7,21-16(23)27-18(4,5)6)12-13-9-8-10-14(11-13)20(24)25/h8-11,24-25H,12H2,1-7H3,(H,21,23)/t19-/m0/s1. The minimum Gasteiger partial charge on any atom is -0.458 e. The van der Waals surface area contributed by atoms with Crippen LogP contribution < -0.4 is 10.8 Å². The Morgan fingerprint density at radius 2 is 1.56 bits per heavy atom. The number of nitrogens with one attached hydrogen (secondary N) is 1. The second kappa shape index (κ2) is 8.31. The molecule has 1 aromatic rings. The lowest BCUT2D eigenvalue weighted by atomic mass is 9.78. The second-order valence-electron chi connectivity index (χ2n) is 8.76. The van der Waals surface area contributed by atoms with Crippen molar-refractivity contribution in [3.8, 4) is 0 Å². The van der Waals surface area contributed by atoms with Gasteiger partial charge in [-0.05, 0) is 59.5 Å². The number of ether oxygens (including phenoxy) is 2. The van der Waals surface area contributed by atoms with Gasteiger partial charge >= 0.3 is 19.2 Å². The molecule has 150 valence electrons. The first-order valence-electron chi connectivity index (χ1n) is 8.81. The van der Waals surface area contributed by atoms with E-state index in [1.165, 1.54) is 0 Å². The molecule has 3 N–H and O–H groups in total. The van der Waals surface area contributed by atoms with E-state index >= 15 is 0 Å². The minimum absolute atomic E-state index is 0.0850. The number of carbonyl (C=O) groups excluding carboxylic acids is 2. The quantitative estimate of drug-likeness (QED) is 0.530. The predicted molar refractivity (Wildman–Crippen MR) is 104 cm³/mol. The highest BCUT2D eigenvalue weighted by atomic mass is 16.6. The number of carbonyl (C=O) groups is 2. The lowest BCUT2D eigenvalue weighted by Crippen LogP contribution is -2.56. The van der Waals surface area contributed by atoms with E-state index < -0.39 is 35.9 Å². The molecule has 27 heavy (non-hydrogen) atoms. The molecule has 0 aliphatic rings. The summed E-state index contributed by atoms with van der Waals surface area (Å²) < 4.78 is 10.8. The van der Waals surface area contributed by atoms with Crippen molar-refractivity contribution in [2.24, 2.45) is 0 Å². The second-order valence-corrected chi connectivity index (χ2v) is 8.76. The van der Waals surface area contributed by atoms with Gasteiger partial charge in [-0.25, -0.2) is 9.59 Å². The molecule has 0 radical (unpaired) electrons. The van der Waals surface area contributed by atoms with Crippen LogP contribution in [-0.2, 0) is 20.7 Å². The summed E-state index contributed by atoms with van der Waals surface area (Å²) in [4.78, 5) is 25.1. The van der Waals surface area contributed by atoms with Crippen molar-refractivity contribution in [1.82, 2.24) is 5.32 Å². The van der Waals surface area contributed by atoms with Gasteiger partial charge in [-0.1, -0.05) is 24.3 Å². The topological polar surface area (TPSA) is 105 Å². The summed E-state index contributed by atoms with van der Waals surface area (Å²) >= 11 is 0. The van der Waals surface area contributed by atoms with Gasteiger partial charge in [0.25, 0.3) is 0 Å². The molecule has 1 atom stereocenters. The van der Waals surface area contributed by atoms with Gasteiger partial charge in [-0.2, -0.15) is 0 Å². The zero-order valence-corrected chi connectivity index (χ0v) is 17.1. The number of alkyl carbamates (subject to hydrolysis) is 1. The van der Waals surface area contributed by atoms with E-state index in [1.807, 2.05) is 0 Å². The summed E-state index contributed by atoms with van der Waals surface area (Å²) in [7, 11) is -1.63. The molecule has 0 spiro atoms. The Balaban J connectivity index is 3.15. The van der Waals surface area contributed by atoms with Crippen molar-refractivity contribution < 1.29 is 29.1 Å². The van der Waals surface area contributed by atoms with Gasteiger partial charge in [0.15, 0.2) is 0 Å². The van der Waals surface area contributed by atoms with Gasteiger partial charge in [-0.3, -0.25) is 0 Å². The first kappa shape index (κ1) is 23.0. The fourth-order valence-electron chi connectivity index (χ4n) is 2.36. The van der Waals surface area contributed by atoms with Crippen LogP contribution in [-0.4, -0.2) is 46.0 Å². The van der Waals surface area contributed by atoms with Crippen LogP contribution in [0.15, 0.2) is 24.3 Å². The molecule has 7 nitrogen and oxygen atoms in total. The fourth-order valence-corrected chi connectivity index (χ4v) is 2.36. The van der Waals surface area contributed by atoms with E-state index in [9.17, 15) is 19.6 Å². The molecule has 0 aliphatic carbocycles. The Labute approximate surface area is 161 Å². The third-order valence-electron chi connectivity index (χ3n) is 3.43. The van der Waals surface area contributed by atoms with Crippen molar-refractivity contribution in [2.75, 3.05) is 0 Å². The zero-order valence-electron chi connectivity index (χ0n) is 17.1. The lowest BCUT2D eigenvalue weighted by molar-refractivity contribution is -0.162. The van der Waals surface area contributed by atoms with Gasteiger partial charge in [0.2, 0.25) is 0 Å². The molecule has 0 saturated heterocycles. The number of benzene rings is 1. The number of esters is 1. The van der Waals surface area contributed by atoms with Crippen LogP contribution in [0.2, 0.25) is 0 Å². The Kier molecular flexibility index (Phi) is 7.08. The van der Waals surface area contributed by atoms with E-state index in [-0.39, 0.29) is 11.9 Å². The van der Waals surface area contributed by atoms with Crippen molar-refractivity contribution in [1.29, 1.82) is 0 Å². The SMILES string of the molecule is CC(C)(C)OC(=O)N[C@@](C)(Cc1cccc(B(O)O)c1)C(=O)OC(C)(C)C. The van der Waals surface area contributed by atoms with Crippen molar-refractivity contribution >= 4 is 24.6 Å². The Hall–Kier alpha value is -2.06. The van der Waals surface area contributed by atoms with Crippen LogP contribution in [0.5, 0.6) is 0 Å². The van der Waals surface area contributed by atoms with Gasteiger partial charge in [-0.15, -0.1) is 0 Å². The van der Waals surface area contributed by atoms with Crippen molar-refractivity contribution in [3.63, 3.8) is 0 Å². The van der Waals surface area contributed by atoms with Gasteiger partial charge in [0, 0.05) is 6.42 Å². The van der Waals surface area contributed by atoms with Crippen LogP contribution in [0.25, 0.3) is 0 Å². The first-order valence-corrected chi connectivity index (χ1v) is 8.81. The summed E-state index contributed by atoms with van der Waals surface area (Å²) in [6, 6.07) is 6.49. The van der Waals surface area contributed by atoms with Crippen LogP contribution in [0.1, 0.15) is 54.0 Å². The van der Waals surface area contributed by atoms with Crippen LogP contribution in [0.3, 0.4) is 0 Å². The number of hydrogen-bond donors (Lipinski definition) is 3. The third-order valence-corrected chi connectivity index (χ3v) is 3.43. The normalized spacial score (nSPS) is 14.1. The molecule has 0 bridgehead atoms. The molecule has 1 rings (SSSR count). The molecule has 1 aromatic carbocycles. The molecule has 0 heterocycles. The van der Waals surface area contributed by atoms with Crippen LogP contribution in [0.4, 0.5) is 4.79 Å². The molecular weight excluding hydrogens is 349 g/mol.